The van der Waals surface area contributed by atoms with Crippen molar-refractivity contribution in [2.24, 2.45) is 5.92 Å². The van der Waals surface area contributed by atoms with Crippen LogP contribution in [0.2, 0.25) is 0 Å². The monoisotopic (exact) mass is 285 g/mol. The summed E-state index contributed by atoms with van der Waals surface area (Å²) in [7, 11) is 0. The molecule has 0 radical (unpaired) electrons. The molecule has 0 aliphatic rings. The number of carboxylic acids is 1. The molecule has 0 fully saturated rings. The highest BCUT2D eigenvalue weighted by atomic mass is 16.4. The highest BCUT2D eigenvalue weighted by molar-refractivity contribution is 6.02. The molecule has 6 nitrogen and oxygen atoms in total. The Balaban J connectivity index is 2.24. The zero-order valence-electron chi connectivity index (χ0n) is 11.8. The van der Waals surface area contributed by atoms with E-state index >= 15 is 0 Å². The maximum Gasteiger partial charge on any atom is 0.336 e. The lowest BCUT2D eigenvalue weighted by Gasteiger charge is -2.07. The van der Waals surface area contributed by atoms with Crippen LogP contribution in [0.15, 0.2) is 35.1 Å². The molecule has 3 aromatic heterocycles. The largest absolute Gasteiger partial charge is 0.478 e. The summed E-state index contributed by atoms with van der Waals surface area (Å²) in [6, 6.07) is 5.01. The summed E-state index contributed by atoms with van der Waals surface area (Å²) in [5.41, 5.74) is 1.24. The molecule has 3 heterocycles. The Morgan fingerprint density at radius 1 is 1.48 bits per heavy atom. The maximum atomic E-state index is 11.5. The van der Waals surface area contributed by atoms with Crippen LogP contribution in [-0.2, 0) is 6.54 Å². The molecule has 0 aromatic carbocycles. The van der Waals surface area contributed by atoms with Crippen LogP contribution in [0.1, 0.15) is 24.2 Å². The molecule has 3 rings (SSSR count). The third-order valence-corrected chi connectivity index (χ3v) is 3.15. The van der Waals surface area contributed by atoms with E-state index in [0.717, 1.165) is 0 Å². The fourth-order valence-electron chi connectivity index (χ4n) is 2.25. The first-order valence-electron chi connectivity index (χ1n) is 6.70. The summed E-state index contributed by atoms with van der Waals surface area (Å²) in [6.45, 7) is 4.82. The summed E-state index contributed by atoms with van der Waals surface area (Å²) in [4.78, 5) is 16.0. The van der Waals surface area contributed by atoms with Gasteiger partial charge in [-0.25, -0.2) is 14.5 Å². The van der Waals surface area contributed by atoms with E-state index in [1.807, 2.05) is 0 Å². The topological polar surface area (TPSA) is 81.2 Å². The van der Waals surface area contributed by atoms with E-state index in [1.165, 1.54) is 12.3 Å². The number of carbonyl (C=O) groups is 1. The highest BCUT2D eigenvalue weighted by Gasteiger charge is 2.18. The van der Waals surface area contributed by atoms with Gasteiger partial charge in [-0.2, -0.15) is 5.10 Å². The Labute approximate surface area is 121 Å². The molecule has 0 aliphatic carbocycles. The smallest absolute Gasteiger partial charge is 0.336 e. The van der Waals surface area contributed by atoms with Crippen LogP contribution in [0, 0.1) is 5.92 Å². The molecule has 0 unspecified atom stereocenters. The van der Waals surface area contributed by atoms with Crippen molar-refractivity contribution in [1.29, 1.82) is 0 Å². The Bertz CT molecular complexity index is 788. The van der Waals surface area contributed by atoms with Crippen LogP contribution in [0.3, 0.4) is 0 Å². The van der Waals surface area contributed by atoms with Gasteiger partial charge in [0.05, 0.1) is 23.4 Å². The number of nitrogens with zero attached hydrogens (tertiary/aromatic N) is 3. The fourth-order valence-corrected chi connectivity index (χ4v) is 2.25. The lowest BCUT2D eigenvalue weighted by molar-refractivity contribution is 0.0699. The van der Waals surface area contributed by atoms with E-state index in [0.29, 0.717) is 35.0 Å². The van der Waals surface area contributed by atoms with E-state index < -0.39 is 5.97 Å². The van der Waals surface area contributed by atoms with Crippen molar-refractivity contribution < 1.29 is 14.3 Å². The summed E-state index contributed by atoms with van der Waals surface area (Å²) < 4.78 is 7.05. The van der Waals surface area contributed by atoms with Crippen molar-refractivity contribution >= 4 is 17.0 Å². The van der Waals surface area contributed by atoms with Gasteiger partial charge >= 0.3 is 5.97 Å². The number of aromatic nitrogens is 3. The number of furan rings is 1. The van der Waals surface area contributed by atoms with Crippen LogP contribution in [0.25, 0.3) is 22.5 Å². The normalized spacial score (nSPS) is 11.4. The van der Waals surface area contributed by atoms with E-state index in [9.17, 15) is 9.90 Å². The molecule has 0 saturated heterocycles. The lowest BCUT2D eigenvalue weighted by Crippen LogP contribution is -2.07. The maximum absolute atomic E-state index is 11.5. The van der Waals surface area contributed by atoms with Gasteiger partial charge in [0.15, 0.2) is 11.4 Å². The summed E-state index contributed by atoms with van der Waals surface area (Å²) >= 11 is 0. The highest BCUT2D eigenvalue weighted by Crippen LogP contribution is 2.25. The number of rotatable bonds is 4. The molecule has 0 atom stereocenters. The molecular formula is C15H15N3O3. The number of hydrogen-bond acceptors (Lipinski definition) is 4. The van der Waals surface area contributed by atoms with Crippen molar-refractivity contribution in [2.45, 2.75) is 20.4 Å². The average Bonchev–Trinajstić information content (AvgIpc) is 3.07. The molecular weight excluding hydrogens is 270 g/mol. The van der Waals surface area contributed by atoms with E-state index in [4.69, 9.17) is 4.42 Å². The molecule has 0 spiro atoms. The summed E-state index contributed by atoms with van der Waals surface area (Å²) in [6.07, 6.45) is 3.09. The second-order valence-electron chi connectivity index (χ2n) is 5.30. The van der Waals surface area contributed by atoms with E-state index in [-0.39, 0.29) is 5.56 Å². The zero-order valence-corrected chi connectivity index (χ0v) is 11.8. The predicted molar refractivity (Wildman–Crippen MR) is 77.0 cm³/mol. The van der Waals surface area contributed by atoms with Crippen LogP contribution in [-0.4, -0.2) is 25.8 Å². The van der Waals surface area contributed by atoms with Gasteiger partial charge in [-0.1, -0.05) is 13.8 Å². The lowest BCUT2D eigenvalue weighted by atomic mass is 10.1. The summed E-state index contributed by atoms with van der Waals surface area (Å²) in [5.74, 6) is -0.0774. The Morgan fingerprint density at radius 2 is 2.29 bits per heavy atom. The molecule has 0 saturated carbocycles. The van der Waals surface area contributed by atoms with Gasteiger partial charge in [-0.3, -0.25) is 0 Å². The van der Waals surface area contributed by atoms with Gasteiger partial charge in [0, 0.05) is 6.54 Å². The fraction of sp³-hybridized carbons (Fsp3) is 0.267. The third-order valence-electron chi connectivity index (χ3n) is 3.15. The minimum Gasteiger partial charge on any atom is -0.478 e. The van der Waals surface area contributed by atoms with Gasteiger partial charge in [-0.05, 0) is 24.1 Å². The molecule has 0 bridgehead atoms. The SMILES string of the molecule is CC(C)Cn1ncc2c(C(=O)O)cc(-c3ccco3)nc21. The second kappa shape index (κ2) is 5.05. The van der Waals surface area contributed by atoms with Crippen LogP contribution >= 0.6 is 0 Å². The predicted octanol–water partition coefficient (Wildman–Crippen LogP) is 3.05. The number of hydrogen-bond donors (Lipinski definition) is 1. The number of aromatic carboxylic acids is 1. The van der Waals surface area contributed by atoms with Crippen molar-refractivity contribution in [3.63, 3.8) is 0 Å². The molecule has 108 valence electrons. The quantitative estimate of drug-likeness (QED) is 0.796. The number of pyridine rings is 1. The molecule has 0 amide bonds. The van der Waals surface area contributed by atoms with Crippen LogP contribution in [0.5, 0.6) is 0 Å². The van der Waals surface area contributed by atoms with Crippen LogP contribution < -0.4 is 0 Å². The molecule has 0 aliphatic heterocycles. The van der Waals surface area contributed by atoms with Gasteiger partial charge in [-0.15, -0.1) is 0 Å². The van der Waals surface area contributed by atoms with Crippen molar-refractivity contribution in [3.8, 4) is 11.5 Å². The molecule has 6 heteroatoms. The van der Waals surface area contributed by atoms with Crippen molar-refractivity contribution in [3.05, 3.63) is 36.2 Å². The zero-order chi connectivity index (χ0) is 15.0. The minimum atomic E-state index is -1.00. The molecule has 3 aromatic rings. The first-order chi connectivity index (χ1) is 10.1. The van der Waals surface area contributed by atoms with Crippen LogP contribution in [0.4, 0.5) is 0 Å². The minimum absolute atomic E-state index is 0.182. The van der Waals surface area contributed by atoms with Gasteiger partial charge in [0.25, 0.3) is 0 Å². The Morgan fingerprint density at radius 3 is 2.90 bits per heavy atom. The van der Waals surface area contributed by atoms with E-state index in [1.54, 1.807) is 23.0 Å². The molecule has 21 heavy (non-hydrogen) atoms. The van der Waals surface area contributed by atoms with Gasteiger partial charge in [0.1, 0.15) is 5.69 Å². The first-order valence-corrected chi connectivity index (χ1v) is 6.70. The average molecular weight is 285 g/mol. The summed E-state index contributed by atoms with van der Waals surface area (Å²) in [5, 5.41) is 14.2. The first kappa shape index (κ1) is 13.4. The standard InChI is InChI=1S/C15H15N3O3/c1-9(2)8-18-14-11(7-16-18)10(15(19)20)6-12(17-14)13-4-3-5-21-13/h3-7,9H,8H2,1-2H3,(H,19,20). The van der Waals surface area contributed by atoms with Crippen molar-refractivity contribution in [1.82, 2.24) is 14.8 Å². The Hall–Kier alpha value is -2.63. The Kier molecular flexibility index (Phi) is 3.21. The number of carboxylic acid groups (broad SMARTS) is 1. The van der Waals surface area contributed by atoms with E-state index in [2.05, 4.69) is 23.9 Å². The number of fused-ring (bicyclic) bond motifs is 1. The second-order valence-corrected chi connectivity index (χ2v) is 5.30. The third kappa shape index (κ3) is 2.40. The van der Waals surface area contributed by atoms with Crippen molar-refractivity contribution in [2.75, 3.05) is 0 Å². The van der Waals surface area contributed by atoms with Gasteiger partial charge < -0.3 is 9.52 Å². The molecule has 1 N–H and O–H groups in total. The van der Waals surface area contributed by atoms with Gasteiger partial charge in [0.2, 0.25) is 0 Å².